The number of amidine groups is 1. The van der Waals surface area contributed by atoms with Crippen molar-refractivity contribution in [3.8, 4) is 11.5 Å². The number of nitrogens with one attached hydrogen (secondary N) is 1. The van der Waals surface area contributed by atoms with Crippen molar-refractivity contribution in [3.63, 3.8) is 0 Å². The molecule has 2 aromatic rings. The van der Waals surface area contributed by atoms with E-state index >= 15 is 0 Å². The molecule has 0 radical (unpaired) electrons. The van der Waals surface area contributed by atoms with E-state index in [4.69, 9.17) is 14.5 Å². The van der Waals surface area contributed by atoms with Crippen molar-refractivity contribution in [2.75, 3.05) is 19.5 Å². The van der Waals surface area contributed by atoms with Crippen LogP contribution in [-0.2, 0) is 4.79 Å². The van der Waals surface area contributed by atoms with Gasteiger partial charge in [0.25, 0.3) is 5.91 Å². The minimum Gasteiger partial charge on any atom is -0.490 e. The molecule has 0 bridgehead atoms. The average Bonchev–Trinajstić information content (AvgIpc) is 2.77. The first-order valence-corrected chi connectivity index (χ1v) is 11.7. The predicted octanol–water partition coefficient (Wildman–Crippen LogP) is 2.92. The average molecular weight is 501 g/mol. The molecule has 0 spiro atoms. The van der Waals surface area contributed by atoms with E-state index in [0.717, 1.165) is 20.6 Å². The maximum absolute atomic E-state index is 13.0. The van der Waals surface area contributed by atoms with Gasteiger partial charge in [0.05, 0.1) is 16.4 Å². The molecular weight excluding hydrogens is 480 g/mol. The van der Waals surface area contributed by atoms with Crippen LogP contribution in [0.1, 0.15) is 18.7 Å². The Morgan fingerprint density at radius 2 is 2.13 bits per heavy atom. The summed E-state index contributed by atoms with van der Waals surface area (Å²) in [5.74, 6) is 0.970. The van der Waals surface area contributed by atoms with Crippen molar-refractivity contribution in [3.05, 3.63) is 69.7 Å². The number of ether oxygens (including phenoxy) is 2. The Kier molecular flexibility index (Phi) is 6.33. The molecule has 31 heavy (non-hydrogen) atoms. The summed E-state index contributed by atoms with van der Waals surface area (Å²) in [4.78, 5) is 17.9. The minimum absolute atomic E-state index is 0.207. The van der Waals surface area contributed by atoms with Gasteiger partial charge in [0.15, 0.2) is 22.8 Å². The van der Waals surface area contributed by atoms with Gasteiger partial charge < -0.3 is 9.47 Å². The zero-order valence-electron chi connectivity index (χ0n) is 17.1. The molecule has 7 nitrogen and oxygen atoms in total. The number of para-hydroxylation sites is 1. The van der Waals surface area contributed by atoms with Gasteiger partial charge >= 0.3 is 0 Å². The van der Waals surface area contributed by atoms with Crippen LogP contribution in [0, 0.1) is 0 Å². The van der Waals surface area contributed by atoms with Gasteiger partial charge in [0.1, 0.15) is 12.3 Å². The van der Waals surface area contributed by atoms with Gasteiger partial charge in [-0.3, -0.25) is 15.1 Å². The number of carbonyl (C=O) groups excluding carboxylic acids is 1. The highest BCUT2D eigenvalue weighted by Crippen LogP contribution is 2.41. The Balaban J connectivity index is 1.90. The fraction of sp³-hybridized carbons (Fsp3) is 0.227. The van der Waals surface area contributed by atoms with Crippen LogP contribution in [0.4, 0.5) is 0 Å². The first-order chi connectivity index (χ1) is 15.1. The van der Waals surface area contributed by atoms with Crippen LogP contribution in [0.5, 0.6) is 11.5 Å². The van der Waals surface area contributed by atoms with E-state index in [2.05, 4.69) is 32.9 Å². The first-order valence-electron chi connectivity index (χ1n) is 9.67. The van der Waals surface area contributed by atoms with Crippen LogP contribution in [0.2, 0.25) is 0 Å². The molecule has 2 aliphatic rings. The Bertz CT molecular complexity index is 1200. The highest BCUT2D eigenvalue weighted by atomic mass is 79.9. The zero-order chi connectivity index (χ0) is 22.0. The Morgan fingerprint density at radius 3 is 2.87 bits per heavy atom. The van der Waals surface area contributed by atoms with Crippen LogP contribution >= 0.6 is 27.7 Å². The number of amides is 1. The summed E-state index contributed by atoms with van der Waals surface area (Å²) >= 11 is 4.96. The standard InChI is InChI=1S/C22H21BrN4O3S/c1-4-10-30-19-15(23)11-13(12-17(19)29-5-2)20-24-16-9-7-6-8-14(16)18-21(28)25-22(31-3)26-27(18)20/h4,6-9,11-12,20H,1,5,10H2,2-3H3,(H,25,26,28)/t20-/m1/s1. The summed E-state index contributed by atoms with van der Waals surface area (Å²) in [5, 5.41) is 11.2. The molecule has 0 aromatic heterocycles. The summed E-state index contributed by atoms with van der Waals surface area (Å²) in [5.41, 5.74) is 1.28. The number of benzene rings is 2. The minimum atomic E-state index is -0.540. The van der Waals surface area contributed by atoms with Gasteiger partial charge in [-0.2, -0.15) is 0 Å². The molecule has 2 aromatic carbocycles. The van der Waals surface area contributed by atoms with E-state index < -0.39 is 6.17 Å². The lowest BCUT2D eigenvalue weighted by atomic mass is 10.1. The van der Waals surface area contributed by atoms with Crippen molar-refractivity contribution in [1.82, 2.24) is 10.3 Å². The number of nitrogens with zero attached hydrogens (tertiary/aromatic N) is 3. The van der Waals surface area contributed by atoms with Gasteiger partial charge in [-0.05, 0) is 47.3 Å². The second-order valence-corrected chi connectivity index (χ2v) is 8.29. The van der Waals surface area contributed by atoms with Crippen molar-refractivity contribution >= 4 is 44.5 Å². The molecule has 1 amide bonds. The van der Waals surface area contributed by atoms with Crippen molar-refractivity contribution in [1.29, 1.82) is 0 Å². The van der Waals surface area contributed by atoms with Crippen LogP contribution in [0.15, 0.2) is 63.6 Å². The third kappa shape index (κ3) is 4.07. The third-order valence-electron chi connectivity index (χ3n) is 4.68. The molecule has 2 aliphatic heterocycles. The number of hydrogen-bond donors (Lipinski definition) is 1. The summed E-state index contributed by atoms with van der Waals surface area (Å²) in [6.07, 6.45) is 3.00. The van der Waals surface area contributed by atoms with E-state index in [9.17, 15) is 4.79 Å². The lowest BCUT2D eigenvalue weighted by molar-refractivity contribution is -0.116. The highest BCUT2D eigenvalue weighted by Gasteiger charge is 2.34. The van der Waals surface area contributed by atoms with Crippen LogP contribution in [-0.4, -0.2) is 35.6 Å². The number of fused-ring (bicyclic) bond motifs is 2. The molecule has 0 saturated heterocycles. The molecule has 1 N–H and O–H groups in total. The maximum Gasteiger partial charge on any atom is 0.276 e. The van der Waals surface area contributed by atoms with E-state index in [0.29, 0.717) is 35.6 Å². The molecule has 160 valence electrons. The molecule has 9 heteroatoms. The van der Waals surface area contributed by atoms with Crippen molar-refractivity contribution in [2.45, 2.75) is 13.1 Å². The molecule has 4 rings (SSSR count). The van der Waals surface area contributed by atoms with Crippen LogP contribution < -0.4 is 25.4 Å². The number of rotatable bonds is 6. The normalized spacial score (nSPS) is 17.1. The lowest BCUT2D eigenvalue weighted by Gasteiger charge is -2.34. The number of halogens is 1. The van der Waals surface area contributed by atoms with E-state index in [-0.39, 0.29) is 5.91 Å². The first kappa shape index (κ1) is 21.5. The molecule has 0 unspecified atom stereocenters. The topological polar surface area (TPSA) is 75.5 Å². The molecular formula is C22H21BrN4O3S. The van der Waals surface area contributed by atoms with E-state index in [1.807, 2.05) is 49.6 Å². The third-order valence-corrected chi connectivity index (χ3v) is 5.84. The second kappa shape index (κ2) is 9.15. The summed E-state index contributed by atoms with van der Waals surface area (Å²) in [6.45, 7) is 6.44. The Hall–Kier alpha value is -2.78. The SMILES string of the molecule is C=CCOc1c(Br)cc([C@@H]2N=c3ccccc3=C3C(=O)NC(SC)=NN32)cc1OCC. The maximum atomic E-state index is 13.0. The number of hydrazone groups is 1. The monoisotopic (exact) mass is 500 g/mol. The summed E-state index contributed by atoms with van der Waals surface area (Å²) < 4.78 is 12.4. The number of carbonyl (C=O) groups is 1. The summed E-state index contributed by atoms with van der Waals surface area (Å²) in [7, 11) is 0. The predicted molar refractivity (Wildman–Crippen MR) is 125 cm³/mol. The molecule has 0 aliphatic carbocycles. The molecule has 0 saturated carbocycles. The Morgan fingerprint density at radius 1 is 1.32 bits per heavy atom. The largest absolute Gasteiger partial charge is 0.490 e. The van der Waals surface area contributed by atoms with E-state index in [1.54, 1.807) is 11.1 Å². The smallest absolute Gasteiger partial charge is 0.276 e. The van der Waals surface area contributed by atoms with Gasteiger partial charge in [-0.25, -0.2) is 5.01 Å². The zero-order valence-corrected chi connectivity index (χ0v) is 19.5. The fourth-order valence-corrected chi connectivity index (χ4v) is 4.36. The van der Waals surface area contributed by atoms with Crippen LogP contribution in [0.25, 0.3) is 5.70 Å². The summed E-state index contributed by atoms with van der Waals surface area (Å²) in [6, 6.07) is 11.4. The number of hydrogen-bond acceptors (Lipinski definition) is 7. The van der Waals surface area contributed by atoms with Crippen LogP contribution in [0.3, 0.4) is 0 Å². The highest BCUT2D eigenvalue weighted by molar-refractivity contribution is 9.10. The van der Waals surface area contributed by atoms with Gasteiger partial charge in [0.2, 0.25) is 0 Å². The quantitative estimate of drug-likeness (QED) is 0.617. The van der Waals surface area contributed by atoms with Gasteiger partial charge in [0, 0.05) is 10.8 Å². The number of thioether (sulfide) groups is 1. The lowest BCUT2D eigenvalue weighted by Crippen LogP contribution is -2.50. The molecule has 0 fully saturated rings. The van der Waals surface area contributed by atoms with Gasteiger partial charge in [-0.15, -0.1) is 5.10 Å². The Labute approximate surface area is 192 Å². The molecule has 2 heterocycles. The molecule has 1 atom stereocenters. The van der Waals surface area contributed by atoms with Crippen molar-refractivity contribution < 1.29 is 14.3 Å². The van der Waals surface area contributed by atoms with E-state index in [1.165, 1.54) is 11.8 Å². The second-order valence-electron chi connectivity index (χ2n) is 6.64. The fourth-order valence-electron chi connectivity index (χ4n) is 3.42. The van der Waals surface area contributed by atoms with Crippen molar-refractivity contribution in [2.24, 2.45) is 10.1 Å². The van der Waals surface area contributed by atoms with Gasteiger partial charge in [-0.1, -0.05) is 42.6 Å².